The maximum Gasteiger partial charge on any atom is 0.344 e. The minimum Gasteiger partial charge on any atom is -0.329 e. The fourth-order valence-electron chi connectivity index (χ4n) is 1.92. The first-order chi connectivity index (χ1) is 9.52. The van der Waals surface area contributed by atoms with E-state index in [9.17, 15) is 4.79 Å². The number of nitrogens with zero attached hydrogens (tertiary/aromatic N) is 2. The molecule has 0 aliphatic carbocycles. The Hall–Kier alpha value is -1.24. The molecule has 0 fully saturated rings. The van der Waals surface area contributed by atoms with Crippen LogP contribution in [0.1, 0.15) is 30.7 Å². The molecule has 0 bridgehead atoms. The predicted octanol–water partition coefficient (Wildman–Crippen LogP) is 2.60. The summed E-state index contributed by atoms with van der Waals surface area (Å²) in [5, 5.41) is 7.86. The number of thioether (sulfide) groups is 1. The summed E-state index contributed by atoms with van der Waals surface area (Å²) in [6, 6.07) is 7.61. The zero-order chi connectivity index (χ0) is 14.7. The average molecular weight is 313 g/mol. The van der Waals surface area contributed by atoms with Gasteiger partial charge in [0.15, 0.2) is 5.16 Å². The van der Waals surface area contributed by atoms with Crippen LogP contribution >= 0.6 is 23.4 Å². The fraction of sp³-hybridized carbons (Fsp3) is 0.385. The summed E-state index contributed by atoms with van der Waals surface area (Å²) in [5.41, 5.74) is 6.67. The Morgan fingerprint density at radius 1 is 1.50 bits per heavy atom. The van der Waals surface area contributed by atoms with E-state index in [4.69, 9.17) is 17.3 Å². The van der Waals surface area contributed by atoms with Crippen molar-refractivity contribution in [2.45, 2.75) is 30.3 Å². The van der Waals surface area contributed by atoms with Gasteiger partial charge in [0.1, 0.15) is 0 Å². The molecule has 0 radical (unpaired) electrons. The molecular weight excluding hydrogens is 296 g/mol. The van der Waals surface area contributed by atoms with Crippen LogP contribution in [0.5, 0.6) is 0 Å². The van der Waals surface area contributed by atoms with Gasteiger partial charge in [0.05, 0.1) is 0 Å². The summed E-state index contributed by atoms with van der Waals surface area (Å²) in [5.74, 6) is 0. The second kappa shape index (κ2) is 6.47. The quantitative estimate of drug-likeness (QED) is 0.832. The van der Waals surface area contributed by atoms with E-state index in [0.29, 0.717) is 16.7 Å². The average Bonchev–Trinajstić information content (AvgIpc) is 2.77. The lowest BCUT2D eigenvalue weighted by Crippen LogP contribution is -2.20. The van der Waals surface area contributed by atoms with Crippen LogP contribution in [-0.2, 0) is 0 Å². The Morgan fingerprint density at radius 3 is 2.85 bits per heavy atom. The van der Waals surface area contributed by atoms with Gasteiger partial charge in [-0.3, -0.25) is 4.57 Å². The number of benzene rings is 1. The van der Waals surface area contributed by atoms with Gasteiger partial charge >= 0.3 is 5.69 Å². The van der Waals surface area contributed by atoms with Gasteiger partial charge in [-0.15, -0.1) is 5.10 Å². The number of hydrogen-bond acceptors (Lipinski definition) is 4. The van der Waals surface area contributed by atoms with Crippen LogP contribution in [0.2, 0.25) is 5.02 Å². The monoisotopic (exact) mass is 312 g/mol. The molecule has 0 aliphatic heterocycles. The summed E-state index contributed by atoms with van der Waals surface area (Å²) in [7, 11) is 0. The third-order valence-electron chi connectivity index (χ3n) is 2.87. The van der Waals surface area contributed by atoms with Crippen molar-refractivity contribution in [3.8, 4) is 0 Å². The SMILES string of the molecule is CC(C)n1c(SC(CN)c2cccc(Cl)c2)n[nH]c1=O. The first kappa shape index (κ1) is 15.2. The van der Waals surface area contributed by atoms with Crippen LogP contribution in [0, 0.1) is 0 Å². The van der Waals surface area contributed by atoms with Crippen LogP contribution in [0.3, 0.4) is 0 Å². The molecule has 1 heterocycles. The zero-order valence-electron chi connectivity index (χ0n) is 11.3. The van der Waals surface area contributed by atoms with E-state index in [0.717, 1.165) is 5.56 Å². The topological polar surface area (TPSA) is 76.7 Å². The van der Waals surface area contributed by atoms with Gasteiger partial charge in [-0.2, -0.15) is 0 Å². The summed E-state index contributed by atoms with van der Waals surface area (Å²) < 4.78 is 1.62. The lowest BCUT2D eigenvalue weighted by atomic mass is 10.1. The van der Waals surface area contributed by atoms with Crippen molar-refractivity contribution in [2.75, 3.05) is 6.54 Å². The molecule has 7 heteroatoms. The molecule has 0 aliphatic rings. The summed E-state index contributed by atoms with van der Waals surface area (Å²) in [4.78, 5) is 11.7. The lowest BCUT2D eigenvalue weighted by molar-refractivity contribution is 0.533. The van der Waals surface area contributed by atoms with E-state index < -0.39 is 0 Å². The van der Waals surface area contributed by atoms with Crippen LogP contribution in [0.4, 0.5) is 0 Å². The zero-order valence-corrected chi connectivity index (χ0v) is 12.9. The molecule has 0 saturated heterocycles. The third-order valence-corrected chi connectivity index (χ3v) is 4.35. The molecule has 3 N–H and O–H groups in total. The highest BCUT2D eigenvalue weighted by atomic mass is 35.5. The molecule has 5 nitrogen and oxygen atoms in total. The molecule has 1 atom stereocenters. The van der Waals surface area contributed by atoms with E-state index in [-0.39, 0.29) is 17.0 Å². The third kappa shape index (κ3) is 3.26. The van der Waals surface area contributed by atoms with Gasteiger partial charge in [0.25, 0.3) is 0 Å². The van der Waals surface area contributed by atoms with Crippen molar-refractivity contribution in [2.24, 2.45) is 5.73 Å². The molecule has 1 aromatic carbocycles. The number of hydrogen-bond donors (Lipinski definition) is 2. The van der Waals surface area contributed by atoms with Gasteiger partial charge in [0.2, 0.25) is 0 Å². The van der Waals surface area contributed by atoms with Crippen molar-refractivity contribution >= 4 is 23.4 Å². The molecule has 1 unspecified atom stereocenters. The first-order valence-electron chi connectivity index (χ1n) is 6.32. The highest BCUT2D eigenvalue weighted by molar-refractivity contribution is 7.99. The number of H-pyrrole nitrogens is 1. The Bertz CT molecular complexity index is 637. The number of aromatic amines is 1. The van der Waals surface area contributed by atoms with E-state index in [1.54, 1.807) is 4.57 Å². The summed E-state index contributed by atoms with van der Waals surface area (Å²) in [6.45, 7) is 4.32. The Labute approximate surface area is 126 Å². The molecule has 108 valence electrons. The smallest absolute Gasteiger partial charge is 0.329 e. The number of nitrogens with one attached hydrogen (secondary N) is 1. The van der Waals surface area contributed by atoms with Crippen LogP contribution < -0.4 is 11.4 Å². The van der Waals surface area contributed by atoms with Crippen LogP contribution in [-0.4, -0.2) is 21.3 Å². The highest BCUT2D eigenvalue weighted by Gasteiger charge is 2.18. The fourth-order valence-corrected chi connectivity index (χ4v) is 3.25. The maximum absolute atomic E-state index is 11.7. The summed E-state index contributed by atoms with van der Waals surface area (Å²) >= 11 is 7.47. The predicted molar refractivity (Wildman–Crippen MR) is 82.3 cm³/mol. The van der Waals surface area contributed by atoms with Crippen molar-refractivity contribution < 1.29 is 0 Å². The molecule has 20 heavy (non-hydrogen) atoms. The van der Waals surface area contributed by atoms with E-state index in [2.05, 4.69) is 10.2 Å². The van der Waals surface area contributed by atoms with Crippen molar-refractivity contribution in [3.63, 3.8) is 0 Å². The van der Waals surface area contributed by atoms with Gasteiger partial charge in [-0.25, -0.2) is 9.89 Å². The molecule has 2 rings (SSSR count). The number of nitrogens with two attached hydrogens (primary N) is 1. The molecule has 2 aromatic rings. The number of aromatic nitrogens is 3. The molecule has 0 saturated carbocycles. The largest absolute Gasteiger partial charge is 0.344 e. The lowest BCUT2D eigenvalue weighted by Gasteiger charge is -2.16. The first-order valence-corrected chi connectivity index (χ1v) is 7.57. The van der Waals surface area contributed by atoms with Crippen molar-refractivity contribution in [3.05, 3.63) is 45.3 Å². The number of halogens is 1. The van der Waals surface area contributed by atoms with Crippen molar-refractivity contribution in [1.29, 1.82) is 0 Å². The molecule has 1 aromatic heterocycles. The Kier molecular flexibility index (Phi) is 4.91. The highest BCUT2D eigenvalue weighted by Crippen LogP contribution is 2.34. The second-order valence-electron chi connectivity index (χ2n) is 4.67. The molecule has 0 spiro atoms. The maximum atomic E-state index is 11.7. The van der Waals surface area contributed by atoms with Crippen LogP contribution in [0.25, 0.3) is 0 Å². The van der Waals surface area contributed by atoms with E-state index >= 15 is 0 Å². The van der Waals surface area contributed by atoms with E-state index in [1.165, 1.54) is 11.8 Å². The van der Waals surface area contributed by atoms with Gasteiger partial charge in [-0.1, -0.05) is 35.5 Å². The minimum absolute atomic E-state index is 0.00130. The normalized spacial score (nSPS) is 12.8. The van der Waals surface area contributed by atoms with Gasteiger partial charge in [0, 0.05) is 22.9 Å². The molecular formula is C13H17ClN4OS. The summed E-state index contributed by atoms with van der Waals surface area (Å²) in [6.07, 6.45) is 0. The minimum atomic E-state index is -0.204. The van der Waals surface area contributed by atoms with Gasteiger partial charge < -0.3 is 5.73 Å². The standard InChI is InChI=1S/C13H17ClN4OS/c1-8(2)18-12(19)16-17-13(18)20-11(7-15)9-4-3-5-10(14)6-9/h3-6,8,11H,7,15H2,1-2H3,(H,16,19). The van der Waals surface area contributed by atoms with E-state index in [1.807, 2.05) is 38.1 Å². The Morgan fingerprint density at radius 2 is 2.25 bits per heavy atom. The van der Waals surface area contributed by atoms with Gasteiger partial charge in [-0.05, 0) is 31.5 Å². The Balaban J connectivity index is 2.29. The molecule has 0 amide bonds. The second-order valence-corrected chi connectivity index (χ2v) is 6.28. The number of rotatable bonds is 5. The van der Waals surface area contributed by atoms with Crippen molar-refractivity contribution in [1.82, 2.24) is 14.8 Å². The van der Waals surface area contributed by atoms with Crippen LogP contribution in [0.15, 0.2) is 34.2 Å².